The van der Waals surface area contributed by atoms with Crippen LogP contribution < -0.4 is 4.74 Å². The van der Waals surface area contributed by atoms with Crippen LogP contribution in [0.2, 0.25) is 5.02 Å². The van der Waals surface area contributed by atoms with Crippen LogP contribution in [0, 0.1) is 18.3 Å². The van der Waals surface area contributed by atoms with Crippen LogP contribution in [0.4, 0.5) is 0 Å². The van der Waals surface area contributed by atoms with Crippen molar-refractivity contribution in [2.75, 3.05) is 0 Å². The maximum atomic E-state index is 9.38. The molecule has 0 radical (unpaired) electrons. The molecule has 0 fully saturated rings. The van der Waals surface area contributed by atoms with Crippen molar-refractivity contribution in [1.29, 1.82) is 5.26 Å². The van der Waals surface area contributed by atoms with E-state index >= 15 is 0 Å². The van der Waals surface area contributed by atoms with E-state index in [1.54, 1.807) is 24.3 Å². The molecule has 0 atom stereocenters. The average Bonchev–Trinajstić information content (AvgIpc) is 2.33. The Labute approximate surface area is 110 Å². The van der Waals surface area contributed by atoms with Gasteiger partial charge in [0.15, 0.2) is 0 Å². The van der Waals surface area contributed by atoms with Gasteiger partial charge in [0.2, 0.25) is 0 Å². The molecule has 0 aliphatic carbocycles. The SMILES string of the molecule is Cc1cc(C#N)cc(Oc2cc(O)ccc2Cl)c1. The smallest absolute Gasteiger partial charge is 0.149 e. The summed E-state index contributed by atoms with van der Waals surface area (Å²) >= 11 is 5.96. The number of nitrogens with zero attached hydrogens (tertiary/aromatic N) is 1. The Morgan fingerprint density at radius 2 is 2.00 bits per heavy atom. The molecule has 18 heavy (non-hydrogen) atoms. The molecule has 0 unspecified atom stereocenters. The fourth-order valence-electron chi connectivity index (χ4n) is 1.57. The van der Waals surface area contributed by atoms with Gasteiger partial charge >= 0.3 is 0 Å². The van der Waals surface area contributed by atoms with E-state index in [4.69, 9.17) is 21.6 Å². The van der Waals surface area contributed by atoms with Crippen molar-refractivity contribution in [3.63, 3.8) is 0 Å². The van der Waals surface area contributed by atoms with Crippen LogP contribution in [-0.2, 0) is 0 Å². The third-order valence-corrected chi connectivity index (χ3v) is 2.63. The number of hydrogen-bond acceptors (Lipinski definition) is 3. The Balaban J connectivity index is 2.37. The summed E-state index contributed by atoms with van der Waals surface area (Å²) in [6.07, 6.45) is 0. The van der Waals surface area contributed by atoms with Gasteiger partial charge in [-0.1, -0.05) is 11.6 Å². The second kappa shape index (κ2) is 4.99. The Morgan fingerprint density at radius 3 is 2.72 bits per heavy atom. The number of benzene rings is 2. The summed E-state index contributed by atoms with van der Waals surface area (Å²) < 4.78 is 5.57. The van der Waals surface area contributed by atoms with E-state index in [2.05, 4.69) is 6.07 Å². The number of phenols is 1. The highest BCUT2D eigenvalue weighted by Gasteiger charge is 2.06. The largest absolute Gasteiger partial charge is 0.508 e. The summed E-state index contributed by atoms with van der Waals surface area (Å²) in [6, 6.07) is 11.7. The van der Waals surface area contributed by atoms with E-state index in [9.17, 15) is 5.11 Å². The van der Waals surface area contributed by atoms with Crippen molar-refractivity contribution >= 4 is 11.6 Å². The summed E-state index contributed by atoms with van der Waals surface area (Å²) in [4.78, 5) is 0. The van der Waals surface area contributed by atoms with Crippen LogP contribution in [-0.4, -0.2) is 5.11 Å². The predicted octanol–water partition coefficient (Wildman–Crippen LogP) is 4.02. The van der Waals surface area contributed by atoms with Gasteiger partial charge in [0.1, 0.15) is 17.2 Å². The van der Waals surface area contributed by atoms with E-state index in [-0.39, 0.29) is 5.75 Å². The first kappa shape index (κ1) is 12.3. The Hall–Kier alpha value is -2.18. The minimum absolute atomic E-state index is 0.0718. The molecule has 0 amide bonds. The molecular weight excluding hydrogens is 250 g/mol. The van der Waals surface area contributed by atoms with Gasteiger partial charge in [-0.05, 0) is 42.8 Å². The lowest BCUT2D eigenvalue weighted by atomic mass is 10.1. The van der Waals surface area contributed by atoms with Crippen molar-refractivity contribution in [2.45, 2.75) is 6.92 Å². The summed E-state index contributed by atoms with van der Waals surface area (Å²) in [5, 5.41) is 18.7. The molecule has 0 aromatic heterocycles. The molecule has 0 saturated carbocycles. The first-order valence-corrected chi connectivity index (χ1v) is 5.64. The quantitative estimate of drug-likeness (QED) is 0.886. The zero-order valence-corrected chi connectivity index (χ0v) is 10.4. The van der Waals surface area contributed by atoms with Crippen LogP contribution in [0.1, 0.15) is 11.1 Å². The highest BCUT2D eigenvalue weighted by atomic mass is 35.5. The summed E-state index contributed by atoms with van der Waals surface area (Å²) in [7, 11) is 0. The van der Waals surface area contributed by atoms with Gasteiger partial charge in [-0.3, -0.25) is 0 Å². The van der Waals surface area contributed by atoms with Crippen LogP contribution >= 0.6 is 11.6 Å². The normalized spacial score (nSPS) is 9.83. The van der Waals surface area contributed by atoms with Gasteiger partial charge in [-0.25, -0.2) is 0 Å². The Bertz CT molecular complexity index is 632. The van der Waals surface area contributed by atoms with Gasteiger partial charge in [0, 0.05) is 6.07 Å². The highest BCUT2D eigenvalue weighted by molar-refractivity contribution is 6.32. The molecule has 90 valence electrons. The van der Waals surface area contributed by atoms with Crippen LogP contribution in [0.25, 0.3) is 0 Å². The Morgan fingerprint density at radius 1 is 1.22 bits per heavy atom. The molecule has 0 saturated heterocycles. The van der Waals surface area contributed by atoms with Gasteiger partial charge < -0.3 is 9.84 Å². The number of aryl methyl sites for hydroxylation is 1. The molecule has 2 rings (SSSR count). The molecule has 0 heterocycles. The number of aromatic hydroxyl groups is 1. The minimum atomic E-state index is 0.0718. The second-order valence-corrected chi connectivity index (χ2v) is 4.27. The maximum Gasteiger partial charge on any atom is 0.149 e. The number of ether oxygens (including phenoxy) is 1. The maximum absolute atomic E-state index is 9.38. The summed E-state index contributed by atoms with van der Waals surface area (Å²) in [5.74, 6) is 0.938. The fraction of sp³-hybridized carbons (Fsp3) is 0.0714. The van der Waals surface area contributed by atoms with Gasteiger partial charge in [-0.15, -0.1) is 0 Å². The molecule has 2 aromatic carbocycles. The van der Waals surface area contributed by atoms with Crippen LogP contribution in [0.5, 0.6) is 17.2 Å². The first-order valence-electron chi connectivity index (χ1n) is 5.26. The topological polar surface area (TPSA) is 53.2 Å². The van der Waals surface area contributed by atoms with Crippen LogP contribution in [0.15, 0.2) is 36.4 Å². The van der Waals surface area contributed by atoms with Crippen molar-refractivity contribution < 1.29 is 9.84 Å². The molecule has 4 heteroatoms. The van der Waals surface area contributed by atoms with Crippen molar-refractivity contribution in [1.82, 2.24) is 0 Å². The zero-order valence-electron chi connectivity index (χ0n) is 9.64. The van der Waals surface area contributed by atoms with Gasteiger partial charge in [0.25, 0.3) is 0 Å². The van der Waals surface area contributed by atoms with E-state index in [0.717, 1.165) is 5.56 Å². The third-order valence-electron chi connectivity index (χ3n) is 2.32. The van der Waals surface area contributed by atoms with E-state index < -0.39 is 0 Å². The third kappa shape index (κ3) is 2.73. The molecular formula is C14H10ClNO2. The van der Waals surface area contributed by atoms with Crippen molar-refractivity contribution in [3.05, 3.63) is 52.5 Å². The lowest BCUT2D eigenvalue weighted by molar-refractivity contribution is 0.455. The average molecular weight is 260 g/mol. The molecule has 0 bridgehead atoms. The number of nitriles is 1. The van der Waals surface area contributed by atoms with Gasteiger partial charge in [0.05, 0.1) is 16.7 Å². The van der Waals surface area contributed by atoms with E-state index in [1.165, 1.54) is 12.1 Å². The molecule has 3 nitrogen and oxygen atoms in total. The fourth-order valence-corrected chi connectivity index (χ4v) is 1.72. The number of hydrogen-bond donors (Lipinski definition) is 1. The Kier molecular flexibility index (Phi) is 3.40. The minimum Gasteiger partial charge on any atom is -0.508 e. The lowest BCUT2D eigenvalue weighted by Crippen LogP contribution is -1.88. The lowest BCUT2D eigenvalue weighted by Gasteiger charge is -2.09. The van der Waals surface area contributed by atoms with E-state index in [0.29, 0.717) is 22.1 Å². The van der Waals surface area contributed by atoms with E-state index in [1.807, 2.05) is 6.92 Å². The standard InChI is InChI=1S/C14H10ClNO2/c1-9-4-10(8-16)6-12(5-9)18-14-7-11(17)2-3-13(14)15/h2-7,17H,1H3. The van der Waals surface area contributed by atoms with Crippen molar-refractivity contribution in [2.24, 2.45) is 0 Å². The second-order valence-electron chi connectivity index (χ2n) is 3.86. The monoisotopic (exact) mass is 259 g/mol. The molecule has 0 spiro atoms. The first-order chi connectivity index (χ1) is 8.58. The molecule has 0 aliphatic heterocycles. The van der Waals surface area contributed by atoms with Crippen LogP contribution in [0.3, 0.4) is 0 Å². The predicted molar refractivity (Wildman–Crippen MR) is 69.1 cm³/mol. The number of phenolic OH excluding ortho intramolecular Hbond substituents is 1. The molecule has 2 aromatic rings. The van der Waals surface area contributed by atoms with Gasteiger partial charge in [-0.2, -0.15) is 5.26 Å². The number of rotatable bonds is 2. The molecule has 0 aliphatic rings. The zero-order chi connectivity index (χ0) is 13.1. The number of halogens is 1. The highest BCUT2D eigenvalue weighted by Crippen LogP contribution is 2.32. The summed E-state index contributed by atoms with van der Waals surface area (Å²) in [5.41, 5.74) is 1.43. The summed E-state index contributed by atoms with van der Waals surface area (Å²) in [6.45, 7) is 1.87. The molecule has 1 N–H and O–H groups in total. The van der Waals surface area contributed by atoms with Crippen molar-refractivity contribution in [3.8, 4) is 23.3 Å².